The Hall–Kier alpha value is -0.980. The van der Waals surface area contributed by atoms with Crippen LogP contribution in [0.5, 0.6) is 0 Å². The van der Waals surface area contributed by atoms with Crippen LogP contribution in [0, 0.1) is 5.41 Å². The fraction of sp³-hybridized carbons (Fsp3) is 0.667. The third-order valence-corrected chi connectivity index (χ3v) is 1.29. The average molecular weight is 176 g/mol. The number of hydrogen-bond donors (Lipinski definition) is 4. The van der Waals surface area contributed by atoms with Crippen LogP contribution in [0.3, 0.4) is 0 Å². The molecule has 0 amide bonds. The van der Waals surface area contributed by atoms with Gasteiger partial charge < -0.3 is 30.6 Å². The number of carbonyl (C=O) groups is 1. The molecule has 0 aromatic heterocycles. The lowest BCUT2D eigenvalue weighted by Crippen LogP contribution is -2.37. The molecule has 0 aliphatic carbocycles. The Balaban J connectivity index is 3.92. The van der Waals surface area contributed by atoms with Gasteiger partial charge in [-0.15, -0.1) is 0 Å². The standard InChI is InChI=1S/C6H11NO5/c7-3(6(11)12)1-4(9)5(10)2-8/h4-5,7-10H,1-2H2,(H,11,12)/p-1/t4-,5+/m0/s1. The van der Waals surface area contributed by atoms with Crippen molar-refractivity contribution in [2.24, 2.45) is 0 Å². The van der Waals surface area contributed by atoms with Crippen molar-refractivity contribution in [3.05, 3.63) is 0 Å². The number of carboxylic acids is 1. The Labute approximate surface area is 68.6 Å². The van der Waals surface area contributed by atoms with Gasteiger partial charge >= 0.3 is 0 Å². The normalized spacial score (nSPS) is 15.2. The minimum atomic E-state index is -1.70. The first-order valence-electron chi connectivity index (χ1n) is 3.24. The molecule has 0 unspecified atom stereocenters. The lowest BCUT2D eigenvalue weighted by Gasteiger charge is -2.15. The van der Waals surface area contributed by atoms with E-state index in [9.17, 15) is 9.90 Å². The van der Waals surface area contributed by atoms with Crippen LogP contribution in [0.1, 0.15) is 6.42 Å². The van der Waals surface area contributed by atoms with Gasteiger partial charge in [0.25, 0.3) is 0 Å². The zero-order valence-corrected chi connectivity index (χ0v) is 6.23. The van der Waals surface area contributed by atoms with Crippen LogP contribution in [0.25, 0.3) is 0 Å². The second kappa shape index (κ2) is 4.81. The smallest absolute Gasteiger partial charge is 0.103 e. The lowest BCUT2D eigenvalue weighted by molar-refractivity contribution is -0.294. The fourth-order valence-corrected chi connectivity index (χ4v) is 0.550. The first kappa shape index (κ1) is 11.0. The van der Waals surface area contributed by atoms with Gasteiger partial charge in [-0.25, -0.2) is 0 Å². The Morgan fingerprint density at radius 1 is 1.42 bits per heavy atom. The van der Waals surface area contributed by atoms with Gasteiger partial charge in [0.15, 0.2) is 0 Å². The van der Waals surface area contributed by atoms with Gasteiger partial charge in [0.1, 0.15) is 6.10 Å². The van der Waals surface area contributed by atoms with E-state index in [1.165, 1.54) is 0 Å². The third-order valence-electron chi connectivity index (χ3n) is 1.29. The molecule has 12 heavy (non-hydrogen) atoms. The molecule has 70 valence electrons. The Morgan fingerprint density at radius 2 is 1.92 bits per heavy atom. The summed E-state index contributed by atoms with van der Waals surface area (Å²) in [4.78, 5) is 9.95. The van der Waals surface area contributed by atoms with Crippen LogP contribution in [0.4, 0.5) is 0 Å². The van der Waals surface area contributed by atoms with Crippen molar-refractivity contribution in [1.29, 1.82) is 5.41 Å². The number of rotatable bonds is 5. The molecule has 0 aromatic rings. The highest BCUT2D eigenvalue weighted by atomic mass is 16.4. The Kier molecular flexibility index (Phi) is 4.42. The van der Waals surface area contributed by atoms with Gasteiger partial charge in [-0.05, 0) is 0 Å². The highest BCUT2D eigenvalue weighted by Gasteiger charge is 2.17. The summed E-state index contributed by atoms with van der Waals surface area (Å²) in [7, 11) is 0. The molecule has 0 bridgehead atoms. The van der Waals surface area contributed by atoms with Gasteiger partial charge in [-0.3, -0.25) is 0 Å². The summed E-state index contributed by atoms with van der Waals surface area (Å²) < 4.78 is 0. The summed E-state index contributed by atoms with van der Waals surface area (Å²) >= 11 is 0. The van der Waals surface area contributed by atoms with Crippen molar-refractivity contribution in [3.63, 3.8) is 0 Å². The van der Waals surface area contributed by atoms with E-state index < -0.39 is 36.9 Å². The van der Waals surface area contributed by atoms with Gasteiger partial charge in [0.05, 0.1) is 24.4 Å². The molecule has 0 aliphatic heterocycles. The van der Waals surface area contributed by atoms with E-state index in [1.54, 1.807) is 0 Å². The van der Waals surface area contributed by atoms with Crippen LogP contribution in [-0.2, 0) is 4.79 Å². The predicted octanol–water partition coefficient (Wildman–Crippen LogP) is -3.14. The molecular formula is C6H10NO5-. The topological polar surface area (TPSA) is 125 Å². The SMILES string of the molecule is N=C(C[C@H](O)[C@H](O)CO)C(=O)[O-]. The summed E-state index contributed by atoms with van der Waals surface area (Å²) in [5.41, 5.74) is -0.810. The number of carbonyl (C=O) groups excluding carboxylic acids is 1. The van der Waals surface area contributed by atoms with Crippen molar-refractivity contribution in [1.82, 2.24) is 0 Å². The number of carboxylic acid groups (broad SMARTS) is 1. The lowest BCUT2D eigenvalue weighted by atomic mass is 10.1. The summed E-state index contributed by atoms with van der Waals surface area (Å²) in [6.45, 7) is -0.679. The molecule has 0 fully saturated rings. The molecule has 4 N–H and O–H groups in total. The number of hydrogen-bond acceptors (Lipinski definition) is 6. The second-order valence-corrected chi connectivity index (χ2v) is 2.29. The quantitative estimate of drug-likeness (QED) is 0.329. The third kappa shape index (κ3) is 3.42. The minimum absolute atomic E-state index is 0.538. The van der Waals surface area contributed by atoms with Crippen LogP contribution in [0.2, 0.25) is 0 Å². The van der Waals surface area contributed by atoms with Crippen molar-refractivity contribution in [3.8, 4) is 0 Å². The van der Waals surface area contributed by atoms with E-state index in [0.717, 1.165) is 0 Å². The number of aliphatic carboxylic acids is 1. The second-order valence-electron chi connectivity index (χ2n) is 2.29. The molecule has 0 heterocycles. The molecule has 2 atom stereocenters. The molecule has 6 nitrogen and oxygen atoms in total. The molecular weight excluding hydrogens is 166 g/mol. The number of nitrogens with one attached hydrogen (secondary N) is 1. The van der Waals surface area contributed by atoms with Crippen molar-refractivity contribution in [2.45, 2.75) is 18.6 Å². The molecule has 0 rings (SSSR count). The minimum Gasteiger partial charge on any atom is -0.544 e. The maximum Gasteiger partial charge on any atom is 0.103 e. The van der Waals surface area contributed by atoms with Crippen molar-refractivity contribution < 1.29 is 25.2 Å². The summed E-state index contributed by atoms with van der Waals surface area (Å²) in [5.74, 6) is -1.70. The molecule has 0 saturated heterocycles. The van der Waals surface area contributed by atoms with E-state index in [-0.39, 0.29) is 0 Å². The van der Waals surface area contributed by atoms with Crippen LogP contribution < -0.4 is 5.11 Å². The van der Waals surface area contributed by atoms with Crippen LogP contribution >= 0.6 is 0 Å². The monoisotopic (exact) mass is 176 g/mol. The summed E-state index contributed by atoms with van der Waals surface area (Å²) in [6, 6.07) is 0. The zero-order chi connectivity index (χ0) is 9.72. The van der Waals surface area contributed by atoms with E-state index in [2.05, 4.69) is 0 Å². The first-order valence-corrected chi connectivity index (χ1v) is 3.24. The average Bonchev–Trinajstić information content (AvgIpc) is 2.02. The van der Waals surface area contributed by atoms with E-state index in [1.807, 2.05) is 0 Å². The highest BCUT2D eigenvalue weighted by Crippen LogP contribution is 1.98. The highest BCUT2D eigenvalue weighted by molar-refractivity contribution is 6.33. The molecule has 0 spiro atoms. The number of aliphatic hydroxyl groups excluding tert-OH is 3. The summed E-state index contributed by atoms with van der Waals surface area (Å²) in [6.07, 6.45) is -3.41. The van der Waals surface area contributed by atoms with Crippen molar-refractivity contribution in [2.75, 3.05) is 6.61 Å². The van der Waals surface area contributed by atoms with Crippen LogP contribution in [-0.4, -0.2) is 45.8 Å². The first-order chi connectivity index (χ1) is 5.49. The number of aliphatic hydroxyl groups is 3. The van der Waals surface area contributed by atoms with Crippen LogP contribution in [0.15, 0.2) is 0 Å². The molecule has 0 saturated carbocycles. The van der Waals surface area contributed by atoms with E-state index in [4.69, 9.17) is 20.7 Å². The Morgan fingerprint density at radius 3 is 2.25 bits per heavy atom. The molecule has 0 aromatic carbocycles. The summed E-state index contributed by atoms with van der Waals surface area (Å²) in [5, 5.41) is 42.6. The largest absolute Gasteiger partial charge is 0.544 e. The van der Waals surface area contributed by atoms with Gasteiger partial charge in [-0.2, -0.15) is 0 Å². The van der Waals surface area contributed by atoms with E-state index in [0.29, 0.717) is 0 Å². The van der Waals surface area contributed by atoms with E-state index >= 15 is 0 Å². The van der Waals surface area contributed by atoms with Crippen molar-refractivity contribution >= 4 is 11.7 Å². The molecule has 0 radical (unpaired) electrons. The van der Waals surface area contributed by atoms with Gasteiger partial charge in [0.2, 0.25) is 0 Å². The fourth-order valence-electron chi connectivity index (χ4n) is 0.550. The Bertz CT molecular complexity index is 181. The van der Waals surface area contributed by atoms with Gasteiger partial charge in [-0.1, -0.05) is 0 Å². The maximum absolute atomic E-state index is 9.95. The predicted molar refractivity (Wildman–Crippen MR) is 36.5 cm³/mol. The maximum atomic E-state index is 9.95. The molecule has 6 heteroatoms. The zero-order valence-electron chi connectivity index (χ0n) is 6.23. The van der Waals surface area contributed by atoms with Gasteiger partial charge in [0, 0.05) is 6.42 Å². The molecule has 0 aliphatic rings.